The van der Waals surface area contributed by atoms with Crippen LogP contribution in [-0.2, 0) is 17.8 Å². The molecule has 23 heavy (non-hydrogen) atoms. The Morgan fingerprint density at radius 3 is 2.87 bits per heavy atom. The van der Waals surface area contributed by atoms with Crippen molar-refractivity contribution in [1.29, 1.82) is 0 Å². The molecule has 0 aliphatic heterocycles. The summed E-state index contributed by atoms with van der Waals surface area (Å²) >= 11 is 12.3. The zero-order valence-corrected chi connectivity index (χ0v) is 14.3. The van der Waals surface area contributed by atoms with E-state index >= 15 is 0 Å². The van der Waals surface area contributed by atoms with E-state index in [0.29, 0.717) is 16.5 Å². The summed E-state index contributed by atoms with van der Waals surface area (Å²) in [5, 5.41) is 11.4. The molecule has 0 fully saturated rings. The molecule has 1 amide bonds. The highest BCUT2D eigenvalue weighted by Crippen LogP contribution is 2.40. The predicted octanol–water partition coefficient (Wildman–Crippen LogP) is 2.62. The molecule has 0 radical (unpaired) electrons. The summed E-state index contributed by atoms with van der Waals surface area (Å²) in [6.45, 7) is 2.02. The van der Waals surface area contributed by atoms with Gasteiger partial charge in [-0.15, -0.1) is 0 Å². The minimum absolute atomic E-state index is 0.112. The minimum atomic E-state index is -0.696. The first-order chi connectivity index (χ1) is 10.9. The number of hydrogen-bond donors (Lipinski definition) is 1. The number of aromatic nitrogens is 2. The van der Waals surface area contributed by atoms with E-state index in [1.807, 2.05) is 6.92 Å². The Morgan fingerprint density at radius 2 is 2.22 bits per heavy atom. The number of carbonyl (C=O) groups excluding carboxylic acids is 1. The number of amides is 1. The van der Waals surface area contributed by atoms with E-state index in [0.717, 1.165) is 17.0 Å². The molecule has 2 atom stereocenters. The number of aliphatic hydroxyl groups is 1. The van der Waals surface area contributed by atoms with Gasteiger partial charge in [0, 0.05) is 35.9 Å². The lowest BCUT2D eigenvalue weighted by molar-refractivity contribution is -0.134. The molecule has 1 aromatic heterocycles. The molecule has 1 N–H and O–H groups in total. The third-order valence-corrected chi connectivity index (χ3v) is 4.89. The molecule has 1 heterocycles. The minimum Gasteiger partial charge on any atom is -0.390 e. The highest BCUT2D eigenvalue weighted by molar-refractivity contribution is 6.35. The number of rotatable bonds is 3. The molecule has 0 saturated heterocycles. The van der Waals surface area contributed by atoms with E-state index in [1.165, 1.54) is 0 Å². The van der Waals surface area contributed by atoms with E-state index in [2.05, 4.69) is 4.98 Å². The molecule has 3 rings (SSSR count). The van der Waals surface area contributed by atoms with Crippen LogP contribution in [0.15, 0.2) is 24.5 Å². The summed E-state index contributed by atoms with van der Waals surface area (Å²) in [6.07, 6.45) is 3.13. The Hall–Kier alpha value is -1.56. The average Bonchev–Trinajstić information content (AvgIpc) is 3.02. The van der Waals surface area contributed by atoms with Crippen molar-refractivity contribution in [3.05, 3.63) is 51.5 Å². The quantitative estimate of drug-likeness (QED) is 0.922. The molecule has 2 unspecified atom stereocenters. The van der Waals surface area contributed by atoms with Crippen LogP contribution >= 0.6 is 23.2 Å². The number of aryl methyl sites for hydroxylation is 1. The van der Waals surface area contributed by atoms with Crippen molar-refractivity contribution >= 4 is 29.1 Å². The van der Waals surface area contributed by atoms with Crippen LogP contribution in [0.2, 0.25) is 10.0 Å². The van der Waals surface area contributed by atoms with Crippen molar-refractivity contribution in [1.82, 2.24) is 14.5 Å². The molecule has 0 spiro atoms. The fraction of sp³-hybridized carbons (Fsp3) is 0.375. The predicted molar refractivity (Wildman–Crippen MR) is 88.6 cm³/mol. The first-order valence-corrected chi connectivity index (χ1v) is 8.03. The Bertz CT molecular complexity index is 760. The SMILES string of the molecule is Cc1nccn1CC(=O)N(C)C1c2cc(Cl)cc(Cl)c2CC1O. The zero-order chi connectivity index (χ0) is 16.7. The van der Waals surface area contributed by atoms with Gasteiger partial charge in [-0.25, -0.2) is 4.98 Å². The molecule has 5 nitrogen and oxygen atoms in total. The van der Waals surface area contributed by atoms with Crippen LogP contribution in [-0.4, -0.2) is 38.6 Å². The first kappa shape index (κ1) is 16.3. The lowest BCUT2D eigenvalue weighted by atomic mass is 10.1. The monoisotopic (exact) mass is 353 g/mol. The maximum atomic E-state index is 12.6. The van der Waals surface area contributed by atoms with Gasteiger partial charge in [-0.3, -0.25) is 4.79 Å². The molecule has 1 aliphatic rings. The zero-order valence-electron chi connectivity index (χ0n) is 12.8. The number of halogens is 2. The van der Waals surface area contributed by atoms with Crippen LogP contribution in [0, 0.1) is 6.92 Å². The number of nitrogens with zero attached hydrogens (tertiary/aromatic N) is 3. The van der Waals surface area contributed by atoms with Gasteiger partial charge in [-0.05, 0) is 30.2 Å². The number of likely N-dealkylation sites (N-methyl/N-ethyl adjacent to an activating group) is 1. The number of benzene rings is 1. The molecule has 122 valence electrons. The standard InChI is InChI=1S/C16H17Cl2N3O2/c1-9-19-3-4-21(9)8-15(23)20(2)16-12-5-10(17)6-13(18)11(12)7-14(16)22/h3-6,14,16,22H,7-8H2,1-2H3. The largest absolute Gasteiger partial charge is 0.390 e. The Balaban J connectivity index is 1.87. The van der Waals surface area contributed by atoms with Crippen LogP contribution in [0.25, 0.3) is 0 Å². The maximum Gasteiger partial charge on any atom is 0.242 e. The van der Waals surface area contributed by atoms with Crippen LogP contribution in [0.3, 0.4) is 0 Å². The molecule has 0 bridgehead atoms. The molecular formula is C16H17Cl2N3O2. The van der Waals surface area contributed by atoms with Gasteiger partial charge < -0.3 is 14.6 Å². The van der Waals surface area contributed by atoms with Gasteiger partial charge in [-0.1, -0.05) is 23.2 Å². The molecule has 2 aromatic rings. The van der Waals surface area contributed by atoms with Crippen LogP contribution in [0.4, 0.5) is 0 Å². The van der Waals surface area contributed by atoms with E-state index in [1.54, 1.807) is 41.0 Å². The lowest BCUT2D eigenvalue weighted by Gasteiger charge is -2.28. The smallest absolute Gasteiger partial charge is 0.242 e. The van der Waals surface area contributed by atoms with Crippen molar-refractivity contribution in [3.8, 4) is 0 Å². The fourth-order valence-corrected chi connectivity index (χ4v) is 3.67. The van der Waals surface area contributed by atoms with E-state index in [9.17, 15) is 9.90 Å². The van der Waals surface area contributed by atoms with Gasteiger partial charge in [0.1, 0.15) is 12.4 Å². The van der Waals surface area contributed by atoms with Crippen molar-refractivity contribution in [2.75, 3.05) is 7.05 Å². The third kappa shape index (κ3) is 2.96. The van der Waals surface area contributed by atoms with Crippen LogP contribution < -0.4 is 0 Å². The number of fused-ring (bicyclic) bond motifs is 1. The second-order valence-electron chi connectivity index (χ2n) is 5.78. The maximum absolute atomic E-state index is 12.6. The third-order valence-electron chi connectivity index (χ3n) is 4.33. The van der Waals surface area contributed by atoms with Crippen molar-refractivity contribution in [3.63, 3.8) is 0 Å². The summed E-state index contributed by atoms with van der Waals surface area (Å²) in [5.74, 6) is 0.657. The number of imidazole rings is 1. The van der Waals surface area contributed by atoms with E-state index in [-0.39, 0.29) is 12.5 Å². The van der Waals surface area contributed by atoms with E-state index < -0.39 is 12.1 Å². The first-order valence-electron chi connectivity index (χ1n) is 7.27. The molecule has 0 saturated carbocycles. The number of carbonyl (C=O) groups is 1. The van der Waals surface area contributed by atoms with Gasteiger partial charge in [0.05, 0.1) is 12.1 Å². The molecule has 7 heteroatoms. The van der Waals surface area contributed by atoms with Gasteiger partial charge in [0.25, 0.3) is 0 Å². The fourth-order valence-electron chi connectivity index (χ4n) is 3.08. The van der Waals surface area contributed by atoms with Crippen molar-refractivity contribution in [2.45, 2.75) is 32.0 Å². The molecule has 1 aromatic carbocycles. The van der Waals surface area contributed by atoms with Crippen LogP contribution in [0.1, 0.15) is 23.0 Å². The number of aliphatic hydroxyl groups excluding tert-OH is 1. The molecular weight excluding hydrogens is 337 g/mol. The van der Waals surface area contributed by atoms with E-state index in [4.69, 9.17) is 23.2 Å². The lowest BCUT2D eigenvalue weighted by Crippen LogP contribution is -2.38. The highest BCUT2D eigenvalue weighted by Gasteiger charge is 2.37. The van der Waals surface area contributed by atoms with Crippen LogP contribution in [0.5, 0.6) is 0 Å². The molecule has 1 aliphatic carbocycles. The summed E-state index contributed by atoms with van der Waals surface area (Å²) in [7, 11) is 1.69. The van der Waals surface area contributed by atoms with Gasteiger partial charge in [0.2, 0.25) is 5.91 Å². The Labute approximate surface area is 144 Å². The number of hydrogen-bond acceptors (Lipinski definition) is 3. The van der Waals surface area contributed by atoms with Gasteiger partial charge in [0.15, 0.2) is 0 Å². The normalized spacial score (nSPS) is 19.7. The Kier molecular flexibility index (Phi) is 4.36. The summed E-state index contributed by atoms with van der Waals surface area (Å²) < 4.78 is 1.77. The van der Waals surface area contributed by atoms with Gasteiger partial charge >= 0.3 is 0 Å². The highest BCUT2D eigenvalue weighted by atomic mass is 35.5. The second kappa shape index (κ2) is 6.15. The topological polar surface area (TPSA) is 58.4 Å². The average molecular weight is 354 g/mol. The van der Waals surface area contributed by atoms with Crippen molar-refractivity contribution < 1.29 is 9.90 Å². The second-order valence-corrected chi connectivity index (χ2v) is 6.62. The summed E-state index contributed by atoms with van der Waals surface area (Å²) in [5.41, 5.74) is 1.67. The van der Waals surface area contributed by atoms with Gasteiger partial charge in [-0.2, -0.15) is 0 Å². The Morgan fingerprint density at radius 1 is 1.48 bits per heavy atom. The summed E-state index contributed by atoms with van der Waals surface area (Å²) in [6, 6.07) is 2.99. The summed E-state index contributed by atoms with van der Waals surface area (Å²) in [4.78, 5) is 18.2. The van der Waals surface area contributed by atoms with Crippen molar-refractivity contribution in [2.24, 2.45) is 0 Å².